The first-order valence-corrected chi connectivity index (χ1v) is 24.0. The van der Waals surface area contributed by atoms with Crippen LogP contribution in [0, 0.1) is 24.3 Å². The van der Waals surface area contributed by atoms with Crippen LogP contribution in [0.2, 0.25) is 0 Å². The van der Waals surface area contributed by atoms with Crippen LogP contribution in [0.1, 0.15) is 22.3 Å². The van der Waals surface area contributed by atoms with Crippen LogP contribution in [-0.4, -0.2) is 9.97 Å². The number of benzene rings is 9. The Labute approximate surface area is 431 Å². The molecule has 0 spiro atoms. The van der Waals surface area contributed by atoms with Gasteiger partial charge in [0.2, 0.25) is 0 Å². The van der Waals surface area contributed by atoms with E-state index in [9.17, 15) is 0 Å². The van der Waals surface area contributed by atoms with E-state index in [0.29, 0.717) is 0 Å². The van der Waals surface area contributed by atoms with Gasteiger partial charge in [-0.2, -0.15) is 29.8 Å². The second kappa shape index (κ2) is 22.1. The Kier molecular flexibility index (Phi) is 14.5. The summed E-state index contributed by atoms with van der Waals surface area (Å²) in [6.45, 7) is 0. The summed E-state index contributed by atoms with van der Waals surface area (Å²) in [5.41, 5.74) is 22.6. The Morgan fingerprint density at radius 2 is 0.789 bits per heavy atom. The van der Waals surface area contributed by atoms with Crippen LogP contribution < -0.4 is 0 Å². The van der Waals surface area contributed by atoms with Crippen LogP contribution in [0.15, 0.2) is 243 Å². The van der Waals surface area contributed by atoms with Gasteiger partial charge >= 0.3 is 0 Å². The summed E-state index contributed by atoms with van der Waals surface area (Å²) in [7, 11) is 0. The molecule has 0 atom stereocenters. The van der Waals surface area contributed by atoms with Crippen LogP contribution in [-0.2, 0) is 45.8 Å². The molecule has 0 bridgehead atoms. The summed E-state index contributed by atoms with van der Waals surface area (Å²) in [4.78, 5) is 9.07. The van der Waals surface area contributed by atoms with Crippen LogP contribution in [0.5, 0.6) is 0 Å². The van der Waals surface area contributed by atoms with Crippen molar-refractivity contribution >= 4 is 0 Å². The molecule has 0 amide bonds. The molecule has 9 aromatic carbocycles. The molecule has 0 aliphatic heterocycles. The van der Waals surface area contributed by atoms with Crippen molar-refractivity contribution in [1.29, 1.82) is 0 Å². The topological polar surface area (TPSA) is 25.8 Å². The molecule has 0 saturated heterocycles. The molecule has 0 saturated carbocycles. The predicted octanol–water partition coefficient (Wildman–Crippen LogP) is 16.6. The van der Waals surface area contributed by atoms with Gasteiger partial charge in [-0.3, -0.25) is 0 Å². The summed E-state index contributed by atoms with van der Waals surface area (Å²) in [5, 5.41) is 0. The summed E-state index contributed by atoms with van der Waals surface area (Å²) in [6.07, 6.45) is 7.25. The van der Waals surface area contributed by atoms with Gasteiger partial charge in [0.1, 0.15) is 0 Å². The molecule has 11 rings (SSSR count). The molecule has 2 heterocycles. The number of aromatic nitrogens is 2. The van der Waals surface area contributed by atoms with Gasteiger partial charge in [-0.05, 0) is 75.3 Å². The Bertz CT molecular complexity index is 3380. The Hall–Kier alpha value is -8.07. The zero-order chi connectivity index (χ0) is 46.9. The van der Waals surface area contributed by atoms with Gasteiger partial charge in [-0.25, -0.2) is 5.56 Å². The second-order valence-electron chi connectivity index (χ2n) is 17.7. The third-order valence-corrected chi connectivity index (χ3v) is 13.0. The van der Waals surface area contributed by atoms with E-state index in [0.717, 1.165) is 92.7 Å². The average Bonchev–Trinajstić information content (AvgIpc) is 3.45. The van der Waals surface area contributed by atoms with E-state index in [1.165, 1.54) is 44.5 Å². The van der Waals surface area contributed by atoms with Crippen molar-refractivity contribution < 1.29 is 20.1 Å². The average molecular weight is 1090 g/mol. The smallest absolute Gasteiger partial charge is 0.0160 e. The zero-order valence-electron chi connectivity index (χ0n) is 39.2. The van der Waals surface area contributed by atoms with Crippen molar-refractivity contribution in [3.05, 3.63) is 289 Å². The molecular formula is C68H48IrN2-4. The summed E-state index contributed by atoms with van der Waals surface area (Å²) < 4.78 is 0. The van der Waals surface area contributed by atoms with E-state index in [1.807, 2.05) is 48.8 Å². The van der Waals surface area contributed by atoms with E-state index in [2.05, 4.69) is 228 Å². The summed E-state index contributed by atoms with van der Waals surface area (Å²) in [6, 6.07) is 96.4. The Balaban J connectivity index is 0.00000582. The molecule has 0 fully saturated rings. The van der Waals surface area contributed by atoms with Gasteiger partial charge < -0.3 is 9.97 Å². The molecule has 3 heteroatoms. The maximum absolute atomic E-state index is 4.54. The molecular weight excluding hydrogens is 1040 g/mol. The fraction of sp³-hybridized carbons (Fsp3) is 0.0588. The molecule has 2 aromatic heterocycles. The fourth-order valence-electron chi connectivity index (χ4n) is 9.34. The third kappa shape index (κ3) is 11.0. The first-order chi connectivity index (χ1) is 34.7. The standard InChI is InChI=1S/C68H48N2.Ir/c1-3-14-53(15-4-1)55-36-38-56(39-37-55)66-48-61(60-19-13-18-59(47-60)54-16-5-2-6-17-54)40-41-65(66)64-21-8-7-20-63(64)62-45-51(26-24-49-28-32-57(33-29-49)67-22-9-11-42-69-67)44-52(46-62)27-25-50-30-34-58(35-31-50)68-23-10-12-43-70-68;/h1-23,28-32,34,36-39,41-46,48H,24-27H2;/q-4;. The molecule has 11 aromatic rings. The normalized spacial score (nSPS) is 10.9. The van der Waals surface area contributed by atoms with Gasteiger partial charge in [0.15, 0.2) is 0 Å². The van der Waals surface area contributed by atoms with Crippen molar-refractivity contribution in [3.8, 4) is 89.3 Å². The predicted molar refractivity (Wildman–Crippen MR) is 289 cm³/mol. The van der Waals surface area contributed by atoms with Crippen LogP contribution >= 0.6 is 0 Å². The Morgan fingerprint density at radius 3 is 1.37 bits per heavy atom. The van der Waals surface area contributed by atoms with Crippen LogP contribution in [0.25, 0.3) is 89.3 Å². The van der Waals surface area contributed by atoms with Gasteiger partial charge in [-0.15, -0.1) is 100 Å². The van der Waals surface area contributed by atoms with Crippen LogP contribution in [0.4, 0.5) is 0 Å². The van der Waals surface area contributed by atoms with Crippen molar-refractivity contribution in [2.45, 2.75) is 25.7 Å². The minimum atomic E-state index is 0. The number of hydrogen-bond acceptors (Lipinski definition) is 2. The van der Waals surface area contributed by atoms with Crippen molar-refractivity contribution in [2.24, 2.45) is 0 Å². The summed E-state index contributed by atoms with van der Waals surface area (Å²) >= 11 is 0. The molecule has 0 N–H and O–H groups in total. The van der Waals surface area contributed by atoms with Gasteiger partial charge in [-0.1, -0.05) is 181 Å². The van der Waals surface area contributed by atoms with Crippen molar-refractivity contribution in [3.63, 3.8) is 0 Å². The zero-order valence-corrected chi connectivity index (χ0v) is 41.5. The second-order valence-corrected chi connectivity index (χ2v) is 17.7. The molecule has 343 valence electrons. The maximum Gasteiger partial charge on any atom is 0.0160 e. The van der Waals surface area contributed by atoms with Gasteiger partial charge in [0, 0.05) is 32.5 Å². The molecule has 1 radical (unpaired) electrons. The number of aryl methyl sites for hydroxylation is 4. The molecule has 0 aliphatic carbocycles. The van der Waals surface area contributed by atoms with E-state index in [1.54, 1.807) is 0 Å². The van der Waals surface area contributed by atoms with Crippen molar-refractivity contribution in [1.82, 2.24) is 9.97 Å². The van der Waals surface area contributed by atoms with E-state index < -0.39 is 0 Å². The van der Waals surface area contributed by atoms with E-state index in [4.69, 9.17) is 0 Å². The fourth-order valence-corrected chi connectivity index (χ4v) is 9.34. The monoisotopic (exact) mass is 1090 g/mol. The van der Waals surface area contributed by atoms with Gasteiger partial charge in [0.25, 0.3) is 0 Å². The van der Waals surface area contributed by atoms with E-state index in [-0.39, 0.29) is 20.1 Å². The van der Waals surface area contributed by atoms with E-state index >= 15 is 0 Å². The first kappa shape index (κ1) is 46.6. The SMILES string of the molecule is [Ir].[c-]1cc(-c2ccccc2-c2cc(CCc3c[c-]c(-c4ccccn4)cc3)cc(CCc3c[c-]c(-c4ccccn4)cc3)c2)c(-c2ccc(-c3ccccc3)cc2)cc1-c1[c-]c(-c2ccccc2)ccc1. The van der Waals surface area contributed by atoms with Crippen molar-refractivity contribution in [2.75, 3.05) is 0 Å². The largest absolute Gasteiger partial charge is 0.305 e. The first-order valence-electron chi connectivity index (χ1n) is 24.0. The number of hydrogen-bond donors (Lipinski definition) is 0. The van der Waals surface area contributed by atoms with Crippen LogP contribution in [0.3, 0.4) is 0 Å². The molecule has 71 heavy (non-hydrogen) atoms. The molecule has 0 unspecified atom stereocenters. The minimum Gasteiger partial charge on any atom is -0.305 e. The maximum atomic E-state index is 4.54. The quantitative estimate of drug-likeness (QED) is 0.101. The van der Waals surface area contributed by atoms with Gasteiger partial charge in [0.05, 0.1) is 0 Å². The molecule has 0 aliphatic rings. The summed E-state index contributed by atoms with van der Waals surface area (Å²) in [5.74, 6) is 0. The number of pyridine rings is 2. The minimum absolute atomic E-state index is 0. The number of nitrogens with zero attached hydrogens (tertiary/aromatic N) is 2. The number of rotatable bonds is 14. The Morgan fingerprint density at radius 1 is 0.282 bits per heavy atom. The third-order valence-electron chi connectivity index (χ3n) is 13.0. The molecule has 2 nitrogen and oxygen atoms in total.